The molecule has 1 heterocycles. The number of hydrogen-bond donors (Lipinski definition) is 1. The molecule has 0 unspecified atom stereocenters. The standard InChI is InChI=1S/C11H18N4O/c1-14(2)8-9-15(3)11(16)13-10-6-4-5-7-12-10/h4-7H,8-9H2,1-3H3,(H,12,13,16). The predicted molar refractivity (Wildman–Crippen MR) is 64.4 cm³/mol. The number of rotatable bonds is 4. The minimum Gasteiger partial charge on any atom is -0.326 e. The van der Waals surface area contributed by atoms with Crippen LogP contribution in [0.2, 0.25) is 0 Å². The zero-order valence-electron chi connectivity index (χ0n) is 9.97. The van der Waals surface area contributed by atoms with Crippen LogP contribution < -0.4 is 5.32 Å². The summed E-state index contributed by atoms with van der Waals surface area (Å²) in [6.07, 6.45) is 1.65. The normalized spacial score (nSPS) is 10.2. The van der Waals surface area contributed by atoms with Gasteiger partial charge in [0.05, 0.1) is 0 Å². The van der Waals surface area contributed by atoms with Crippen LogP contribution in [-0.4, -0.2) is 55.0 Å². The molecular weight excluding hydrogens is 204 g/mol. The lowest BCUT2D eigenvalue weighted by molar-refractivity contribution is 0.217. The van der Waals surface area contributed by atoms with Gasteiger partial charge in [-0.2, -0.15) is 0 Å². The molecule has 0 saturated carbocycles. The first-order valence-electron chi connectivity index (χ1n) is 5.17. The summed E-state index contributed by atoms with van der Waals surface area (Å²) in [5, 5.41) is 2.72. The van der Waals surface area contributed by atoms with Crippen molar-refractivity contribution in [2.45, 2.75) is 0 Å². The lowest BCUT2D eigenvalue weighted by Crippen LogP contribution is -2.36. The molecule has 0 aromatic carbocycles. The van der Waals surface area contributed by atoms with Gasteiger partial charge in [-0.15, -0.1) is 0 Å². The highest BCUT2D eigenvalue weighted by Gasteiger charge is 2.08. The summed E-state index contributed by atoms with van der Waals surface area (Å²) in [6.45, 7) is 1.53. The molecular formula is C11H18N4O. The quantitative estimate of drug-likeness (QED) is 0.830. The number of carbonyl (C=O) groups excluding carboxylic acids is 1. The minimum absolute atomic E-state index is 0.138. The van der Waals surface area contributed by atoms with Gasteiger partial charge >= 0.3 is 6.03 Å². The Morgan fingerprint density at radius 1 is 1.31 bits per heavy atom. The van der Waals surface area contributed by atoms with E-state index in [2.05, 4.69) is 10.3 Å². The predicted octanol–water partition coefficient (Wildman–Crippen LogP) is 1.11. The second-order valence-electron chi connectivity index (χ2n) is 3.87. The molecule has 0 radical (unpaired) electrons. The lowest BCUT2D eigenvalue weighted by atomic mass is 10.4. The maximum Gasteiger partial charge on any atom is 0.322 e. The van der Waals surface area contributed by atoms with Crippen LogP contribution in [0.15, 0.2) is 24.4 Å². The fraction of sp³-hybridized carbons (Fsp3) is 0.455. The molecule has 5 heteroatoms. The third-order valence-corrected chi connectivity index (χ3v) is 2.13. The molecule has 5 nitrogen and oxygen atoms in total. The van der Waals surface area contributed by atoms with Gasteiger partial charge in [0.25, 0.3) is 0 Å². The molecule has 1 rings (SSSR count). The Morgan fingerprint density at radius 3 is 2.62 bits per heavy atom. The topological polar surface area (TPSA) is 48.5 Å². The largest absolute Gasteiger partial charge is 0.326 e. The van der Waals surface area contributed by atoms with Crippen molar-refractivity contribution in [3.8, 4) is 0 Å². The third kappa shape index (κ3) is 4.27. The van der Waals surface area contributed by atoms with Crippen molar-refractivity contribution in [3.05, 3.63) is 24.4 Å². The number of carbonyl (C=O) groups is 1. The zero-order chi connectivity index (χ0) is 12.0. The summed E-state index contributed by atoms with van der Waals surface area (Å²) in [5.41, 5.74) is 0. The molecule has 0 bridgehead atoms. The Bertz CT molecular complexity index is 326. The van der Waals surface area contributed by atoms with Crippen LogP contribution in [0, 0.1) is 0 Å². The number of amides is 2. The van der Waals surface area contributed by atoms with Gasteiger partial charge in [0.15, 0.2) is 0 Å². The first-order valence-corrected chi connectivity index (χ1v) is 5.17. The highest BCUT2D eigenvalue weighted by Crippen LogP contribution is 2.01. The average Bonchev–Trinajstić information content (AvgIpc) is 2.27. The summed E-state index contributed by atoms with van der Waals surface area (Å²) in [4.78, 5) is 19.4. The van der Waals surface area contributed by atoms with E-state index in [-0.39, 0.29) is 6.03 Å². The Morgan fingerprint density at radius 2 is 2.06 bits per heavy atom. The first kappa shape index (κ1) is 12.4. The molecule has 0 atom stereocenters. The van der Waals surface area contributed by atoms with E-state index in [4.69, 9.17) is 0 Å². The Balaban J connectivity index is 2.40. The van der Waals surface area contributed by atoms with Crippen molar-refractivity contribution in [1.82, 2.24) is 14.8 Å². The van der Waals surface area contributed by atoms with E-state index in [1.165, 1.54) is 0 Å². The third-order valence-electron chi connectivity index (χ3n) is 2.13. The van der Waals surface area contributed by atoms with Crippen LogP contribution in [0.4, 0.5) is 10.6 Å². The Kier molecular flexibility index (Phi) is 4.72. The van der Waals surface area contributed by atoms with Crippen molar-refractivity contribution >= 4 is 11.8 Å². The maximum atomic E-state index is 11.7. The monoisotopic (exact) mass is 222 g/mol. The SMILES string of the molecule is CN(C)CCN(C)C(=O)Nc1ccccn1. The van der Waals surface area contributed by atoms with Crippen molar-refractivity contribution in [2.24, 2.45) is 0 Å². The second kappa shape index (κ2) is 6.07. The number of nitrogens with one attached hydrogen (secondary N) is 1. The van der Waals surface area contributed by atoms with Crippen LogP contribution >= 0.6 is 0 Å². The fourth-order valence-electron chi connectivity index (χ4n) is 1.09. The van der Waals surface area contributed by atoms with Gasteiger partial charge in [-0.3, -0.25) is 5.32 Å². The van der Waals surface area contributed by atoms with E-state index < -0.39 is 0 Å². The molecule has 1 aromatic rings. The number of nitrogens with zero attached hydrogens (tertiary/aromatic N) is 3. The van der Waals surface area contributed by atoms with Gasteiger partial charge in [-0.1, -0.05) is 6.07 Å². The summed E-state index contributed by atoms with van der Waals surface area (Å²) in [6, 6.07) is 5.27. The minimum atomic E-state index is -0.138. The Labute approximate surface area is 96.1 Å². The smallest absolute Gasteiger partial charge is 0.322 e. The van der Waals surface area contributed by atoms with Gasteiger partial charge in [-0.05, 0) is 26.2 Å². The van der Waals surface area contributed by atoms with Crippen LogP contribution in [-0.2, 0) is 0 Å². The number of hydrogen-bond acceptors (Lipinski definition) is 3. The molecule has 16 heavy (non-hydrogen) atoms. The van der Waals surface area contributed by atoms with Gasteiger partial charge in [0.2, 0.25) is 0 Å². The number of pyridine rings is 1. The van der Waals surface area contributed by atoms with E-state index in [0.29, 0.717) is 12.4 Å². The zero-order valence-corrected chi connectivity index (χ0v) is 9.97. The molecule has 88 valence electrons. The van der Waals surface area contributed by atoms with Crippen LogP contribution in [0.25, 0.3) is 0 Å². The van der Waals surface area contributed by atoms with E-state index in [1.54, 1.807) is 24.2 Å². The maximum absolute atomic E-state index is 11.7. The van der Waals surface area contributed by atoms with E-state index in [9.17, 15) is 4.79 Å². The number of likely N-dealkylation sites (N-methyl/N-ethyl adjacent to an activating group) is 2. The highest BCUT2D eigenvalue weighted by molar-refractivity contribution is 5.87. The molecule has 0 spiro atoms. The molecule has 0 fully saturated rings. The highest BCUT2D eigenvalue weighted by atomic mass is 16.2. The molecule has 0 aliphatic carbocycles. The van der Waals surface area contributed by atoms with E-state index in [1.807, 2.05) is 31.1 Å². The molecule has 1 N–H and O–H groups in total. The van der Waals surface area contributed by atoms with Gasteiger partial charge in [-0.25, -0.2) is 9.78 Å². The van der Waals surface area contributed by atoms with Gasteiger partial charge in [0, 0.05) is 26.3 Å². The molecule has 1 aromatic heterocycles. The van der Waals surface area contributed by atoms with E-state index >= 15 is 0 Å². The summed E-state index contributed by atoms with van der Waals surface area (Å²) in [7, 11) is 5.72. The van der Waals surface area contributed by atoms with E-state index in [0.717, 1.165) is 6.54 Å². The van der Waals surface area contributed by atoms with Crippen LogP contribution in [0.3, 0.4) is 0 Å². The second-order valence-corrected chi connectivity index (χ2v) is 3.87. The average molecular weight is 222 g/mol. The lowest BCUT2D eigenvalue weighted by Gasteiger charge is -2.19. The van der Waals surface area contributed by atoms with Gasteiger partial charge in [0.1, 0.15) is 5.82 Å². The molecule has 0 saturated heterocycles. The fourth-order valence-corrected chi connectivity index (χ4v) is 1.09. The van der Waals surface area contributed by atoms with Crippen LogP contribution in [0.5, 0.6) is 0 Å². The first-order chi connectivity index (χ1) is 7.59. The number of urea groups is 1. The van der Waals surface area contributed by atoms with Crippen molar-refractivity contribution in [1.29, 1.82) is 0 Å². The molecule has 0 aliphatic heterocycles. The van der Waals surface area contributed by atoms with Crippen LogP contribution in [0.1, 0.15) is 0 Å². The summed E-state index contributed by atoms with van der Waals surface area (Å²) in [5.74, 6) is 0.573. The summed E-state index contributed by atoms with van der Waals surface area (Å²) >= 11 is 0. The summed E-state index contributed by atoms with van der Waals surface area (Å²) < 4.78 is 0. The van der Waals surface area contributed by atoms with Crippen molar-refractivity contribution < 1.29 is 4.79 Å². The van der Waals surface area contributed by atoms with Gasteiger partial charge < -0.3 is 9.80 Å². The van der Waals surface area contributed by atoms with Crippen molar-refractivity contribution in [3.63, 3.8) is 0 Å². The number of anilines is 1. The van der Waals surface area contributed by atoms with Crippen molar-refractivity contribution in [2.75, 3.05) is 39.5 Å². The number of aromatic nitrogens is 1. The Hall–Kier alpha value is -1.62. The molecule has 2 amide bonds. The molecule has 0 aliphatic rings.